The third kappa shape index (κ3) is 5.00. The Hall–Kier alpha value is -0.710. The summed E-state index contributed by atoms with van der Waals surface area (Å²) in [5.74, 6) is 1.46. The van der Waals surface area contributed by atoms with Crippen molar-refractivity contribution < 1.29 is 0 Å². The summed E-state index contributed by atoms with van der Waals surface area (Å²) in [5.41, 5.74) is 0.934. The van der Waals surface area contributed by atoms with Crippen molar-refractivity contribution in [1.29, 1.82) is 0 Å². The summed E-state index contributed by atoms with van der Waals surface area (Å²) in [6, 6.07) is 2.41. The Morgan fingerprint density at radius 1 is 1.45 bits per heavy atom. The molecule has 0 aromatic carbocycles. The van der Waals surface area contributed by atoms with E-state index in [4.69, 9.17) is 11.6 Å². The molecule has 112 valence electrons. The third-order valence-corrected chi connectivity index (χ3v) is 3.69. The first-order valence-corrected chi connectivity index (χ1v) is 7.86. The number of hydrogen-bond acceptors (Lipinski definition) is 4. The number of rotatable bonds is 6. The van der Waals surface area contributed by atoms with E-state index >= 15 is 0 Å². The molecule has 1 aromatic rings. The fraction of sp³-hybridized carbons (Fsp3) is 0.733. The molecule has 0 bridgehead atoms. The lowest BCUT2D eigenvalue weighted by molar-refractivity contribution is 0.211. The standard InChI is InChI=1S/C15H25ClN4/c1-11(2)8-20(9-13-5-4-6-17-13)10-15-18-12(3)7-14(16)19-15/h7,11,13,17H,4-6,8-10H2,1-3H3. The fourth-order valence-corrected chi connectivity index (χ4v) is 3.06. The molecule has 20 heavy (non-hydrogen) atoms. The van der Waals surface area contributed by atoms with Crippen molar-refractivity contribution >= 4 is 11.6 Å². The first-order chi connectivity index (χ1) is 9.52. The molecule has 2 heterocycles. The molecule has 1 fully saturated rings. The topological polar surface area (TPSA) is 41.1 Å². The van der Waals surface area contributed by atoms with E-state index in [0.717, 1.165) is 37.7 Å². The molecular weight excluding hydrogens is 272 g/mol. The van der Waals surface area contributed by atoms with Crippen LogP contribution in [0.25, 0.3) is 0 Å². The van der Waals surface area contributed by atoms with Gasteiger partial charge in [-0.25, -0.2) is 9.97 Å². The van der Waals surface area contributed by atoms with Gasteiger partial charge >= 0.3 is 0 Å². The van der Waals surface area contributed by atoms with Crippen LogP contribution in [-0.4, -0.2) is 40.5 Å². The number of halogens is 1. The minimum Gasteiger partial charge on any atom is -0.313 e. The van der Waals surface area contributed by atoms with Crippen LogP contribution in [0.4, 0.5) is 0 Å². The lowest BCUT2D eigenvalue weighted by Crippen LogP contribution is -2.39. The maximum atomic E-state index is 6.03. The fourth-order valence-electron chi connectivity index (χ4n) is 2.80. The molecule has 1 aliphatic heterocycles. The van der Waals surface area contributed by atoms with Crippen LogP contribution in [0.3, 0.4) is 0 Å². The number of aromatic nitrogens is 2. The van der Waals surface area contributed by atoms with Gasteiger partial charge in [-0.2, -0.15) is 0 Å². The van der Waals surface area contributed by atoms with Gasteiger partial charge in [-0.3, -0.25) is 4.90 Å². The lowest BCUT2D eigenvalue weighted by atomic mass is 10.1. The highest BCUT2D eigenvalue weighted by atomic mass is 35.5. The van der Waals surface area contributed by atoms with Gasteiger partial charge in [0.25, 0.3) is 0 Å². The van der Waals surface area contributed by atoms with Crippen molar-refractivity contribution in [3.8, 4) is 0 Å². The van der Waals surface area contributed by atoms with Crippen molar-refractivity contribution in [2.24, 2.45) is 5.92 Å². The highest BCUT2D eigenvalue weighted by Gasteiger charge is 2.19. The van der Waals surface area contributed by atoms with Crippen LogP contribution >= 0.6 is 11.6 Å². The number of hydrogen-bond donors (Lipinski definition) is 1. The van der Waals surface area contributed by atoms with Gasteiger partial charge in [0.1, 0.15) is 11.0 Å². The first kappa shape index (κ1) is 15.7. The van der Waals surface area contributed by atoms with E-state index in [9.17, 15) is 0 Å². The van der Waals surface area contributed by atoms with Gasteiger partial charge in [-0.1, -0.05) is 25.4 Å². The predicted octanol–water partition coefficient (Wildman–Crippen LogP) is 2.65. The molecule has 0 aliphatic carbocycles. The maximum Gasteiger partial charge on any atom is 0.144 e. The van der Waals surface area contributed by atoms with Crippen molar-refractivity contribution in [3.63, 3.8) is 0 Å². The van der Waals surface area contributed by atoms with Crippen LogP contribution in [0.15, 0.2) is 6.07 Å². The van der Waals surface area contributed by atoms with Gasteiger partial charge in [-0.15, -0.1) is 0 Å². The van der Waals surface area contributed by atoms with E-state index in [-0.39, 0.29) is 0 Å². The molecule has 1 atom stereocenters. The summed E-state index contributed by atoms with van der Waals surface area (Å²) in [6.45, 7) is 10.5. The molecule has 1 aromatic heterocycles. The van der Waals surface area contributed by atoms with Crippen molar-refractivity contribution in [1.82, 2.24) is 20.2 Å². The second-order valence-corrected chi connectivity index (χ2v) is 6.52. The zero-order valence-electron chi connectivity index (χ0n) is 12.7. The highest BCUT2D eigenvalue weighted by molar-refractivity contribution is 6.29. The lowest BCUT2D eigenvalue weighted by Gasteiger charge is -2.26. The van der Waals surface area contributed by atoms with Crippen molar-refractivity contribution in [2.75, 3.05) is 19.6 Å². The molecule has 0 radical (unpaired) electrons. The van der Waals surface area contributed by atoms with Crippen LogP contribution in [0, 0.1) is 12.8 Å². The molecule has 5 heteroatoms. The van der Waals surface area contributed by atoms with E-state index in [1.807, 2.05) is 6.92 Å². The predicted molar refractivity (Wildman–Crippen MR) is 82.9 cm³/mol. The van der Waals surface area contributed by atoms with E-state index < -0.39 is 0 Å². The molecule has 1 N–H and O–H groups in total. The smallest absolute Gasteiger partial charge is 0.144 e. The van der Waals surface area contributed by atoms with Gasteiger partial charge in [0, 0.05) is 24.8 Å². The summed E-state index contributed by atoms with van der Waals surface area (Å²) in [4.78, 5) is 11.3. The van der Waals surface area contributed by atoms with E-state index in [0.29, 0.717) is 17.1 Å². The van der Waals surface area contributed by atoms with Crippen LogP contribution in [0.5, 0.6) is 0 Å². The van der Waals surface area contributed by atoms with Gasteiger partial charge in [0.15, 0.2) is 0 Å². The molecule has 0 saturated carbocycles. The third-order valence-electron chi connectivity index (χ3n) is 3.50. The number of nitrogens with zero attached hydrogens (tertiary/aromatic N) is 3. The Kier molecular flexibility index (Phi) is 5.75. The van der Waals surface area contributed by atoms with Crippen LogP contribution < -0.4 is 5.32 Å². The Bertz CT molecular complexity index is 410. The first-order valence-electron chi connectivity index (χ1n) is 7.48. The Morgan fingerprint density at radius 3 is 2.85 bits per heavy atom. The van der Waals surface area contributed by atoms with Crippen LogP contribution in [0.2, 0.25) is 5.15 Å². The van der Waals surface area contributed by atoms with E-state index in [2.05, 4.69) is 34.0 Å². The van der Waals surface area contributed by atoms with Gasteiger partial charge in [0.05, 0.1) is 6.54 Å². The molecule has 1 saturated heterocycles. The summed E-state index contributed by atoms with van der Waals surface area (Å²) < 4.78 is 0. The molecule has 2 rings (SSSR count). The average Bonchev–Trinajstić information content (AvgIpc) is 2.79. The summed E-state index contributed by atoms with van der Waals surface area (Å²) >= 11 is 6.03. The van der Waals surface area contributed by atoms with Gasteiger partial charge < -0.3 is 5.32 Å². The average molecular weight is 297 g/mol. The minimum atomic E-state index is 0.538. The second-order valence-electron chi connectivity index (χ2n) is 6.13. The zero-order chi connectivity index (χ0) is 14.5. The minimum absolute atomic E-state index is 0.538. The Morgan fingerprint density at radius 2 is 2.25 bits per heavy atom. The summed E-state index contributed by atoms with van der Waals surface area (Å²) in [5, 5.41) is 4.10. The Balaban J connectivity index is 2.01. The zero-order valence-corrected chi connectivity index (χ0v) is 13.5. The van der Waals surface area contributed by atoms with Gasteiger partial charge in [-0.05, 0) is 38.3 Å². The Labute approximate surface area is 126 Å². The van der Waals surface area contributed by atoms with E-state index in [1.54, 1.807) is 6.07 Å². The van der Waals surface area contributed by atoms with Crippen molar-refractivity contribution in [3.05, 3.63) is 22.7 Å². The molecule has 1 aliphatic rings. The molecule has 0 spiro atoms. The SMILES string of the molecule is Cc1cc(Cl)nc(CN(CC(C)C)CC2CCCN2)n1. The highest BCUT2D eigenvalue weighted by Crippen LogP contribution is 2.13. The summed E-state index contributed by atoms with van der Waals surface area (Å²) in [6.07, 6.45) is 2.55. The monoisotopic (exact) mass is 296 g/mol. The molecular formula is C15H25ClN4. The molecule has 1 unspecified atom stereocenters. The maximum absolute atomic E-state index is 6.03. The van der Waals surface area contributed by atoms with Crippen LogP contribution in [-0.2, 0) is 6.54 Å². The molecule has 4 nitrogen and oxygen atoms in total. The number of nitrogens with one attached hydrogen (secondary N) is 1. The van der Waals surface area contributed by atoms with E-state index in [1.165, 1.54) is 12.8 Å². The van der Waals surface area contributed by atoms with Crippen molar-refractivity contribution in [2.45, 2.75) is 46.2 Å². The largest absolute Gasteiger partial charge is 0.313 e. The number of aryl methyl sites for hydroxylation is 1. The van der Waals surface area contributed by atoms with Crippen LogP contribution in [0.1, 0.15) is 38.2 Å². The second kappa shape index (κ2) is 7.34. The normalized spacial score (nSPS) is 19.2. The molecule has 0 amide bonds. The van der Waals surface area contributed by atoms with Gasteiger partial charge in [0.2, 0.25) is 0 Å². The quantitative estimate of drug-likeness (QED) is 0.820. The summed E-state index contributed by atoms with van der Waals surface area (Å²) in [7, 11) is 0.